The molecule has 174 valence electrons. The number of pyridine rings is 1. The molecule has 0 aliphatic rings. The number of nitrogens with zero attached hydrogens (tertiary/aromatic N) is 1. The van der Waals surface area contributed by atoms with E-state index in [0.717, 1.165) is 62.0 Å². The number of carbonyl (C=O) groups is 1. The summed E-state index contributed by atoms with van der Waals surface area (Å²) < 4.78 is 7.83. The van der Waals surface area contributed by atoms with Gasteiger partial charge in [0.1, 0.15) is 12.4 Å². The maximum absolute atomic E-state index is 13.3. The minimum absolute atomic E-state index is 0.0608. The molecule has 0 amide bonds. The lowest BCUT2D eigenvalue weighted by Gasteiger charge is -2.18. The van der Waals surface area contributed by atoms with Crippen LogP contribution in [0, 0.1) is 5.41 Å². The maximum atomic E-state index is 13.3. The summed E-state index contributed by atoms with van der Waals surface area (Å²) in [7, 11) is 1.00. The lowest BCUT2D eigenvalue weighted by atomic mass is 9.97. The molecular formula is C27H38N2O3. The van der Waals surface area contributed by atoms with E-state index >= 15 is 0 Å². The van der Waals surface area contributed by atoms with Crippen LogP contribution < -0.4 is 10.1 Å². The predicted octanol–water partition coefficient (Wildman–Crippen LogP) is 5.14. The second-order valence-electron chi connectivity index (χ2n) is 9.06. The summed E-state index contributed by atoms with van der Waals surface area (Å²) in [5.41, 5.74) is 3.92. The third kappa shape index (κ3) is 7.21. The average molecular weight is 439 g/mol. The number of aromatic nitrogens is 1. The first-order valence-corrected chi connectivity index (χ1v) is 11.4. The van der Waals surface area contributed by atoms with Crippen LogP contribution in [0.2, 0.25) is 0 Å². The van der Waals surface area contributed by atoms with Gasteiger partial charge < -0.3 is 19.6 Å². The van der Waals surface area contributed by atoms with Gasteiger partial charge in [-0.15, -0.1) is 0 Å². The molecule has 0 unspecified atom stereocenters. The number of fused-ring (bicyclic) bond motifs is 1. The van der Waals surface area contributed by atoms with Gasteiger partial charge in [0.05, 0.1) is 5.69 Å². The van der Waals surface area contributed by atoms with E-state index in [1.807, 2.05) is 47.0 Å². The van der Waals surface area contributed by atoms with E-state index in [4.69, 9.17) is 9.84 Å². The van der Waals surface area contributed by atoms with Crippen LogP contribution in [0.5, 0.6) is 5.75 Å². The molecular weight excluding hydrogens is 400 g/mol. The first-order chi connectivity index (χ1) is 15.4. The van der Waals surface area contributed by atoms with Crippen LogP contribution in [0.1, 0.15) is 62.2 Å². The highest BCUT2D eigenvalue weighted by atomic mass is 16.5. The van der Waals surface area contributed by atoms with Gasteiger partial charge in [0.2, 0.25) is 5.78 Å². The van der Waals surface area contributed by atoms with Gasteiger partial charge in [-0.05, 0) is 66.3 Å². The number of unbranched alkanes of at least 4 members (excludes halogenated alkanes) is 1. The molecule has 3 rings (SSSR count). The van der Waals surface area contributed by atoms with Crippen molar-refractivity contribution in [3.05, 3.63) is 71.5 Å². The van der Waals surface area contributed by atoms with Crippen molar-refractivity contribution >= 4 is 11.3 Å². The van der Waals surface area contributed by atoms with Crippen molar-refractivity contribution in [3.63, 3.8) is 0 Å². The maximum Gasteiger partial charge on any atom is 0.210 e. The van der Waals surface area contributed by atoms with Gasteiger partial charge in [0.15, 0.2) is 0 Å². The lowest BCUT2D eigenvalue weighted by Crippen LogP contribution is -2.30. The Bertz CT molecular complexity index is 969. The number of aliphatic hydroxyl groups excluding tert-OH is 1. The Morgan fingerprint density at radius 3 is 2.47 bits per heavy atom. The molecule has 5 nitrogen and oxygen atoms in total. The summed E-state index contributed by atoms with van der Waals surface area (Å²) in [6, 6.07) is 15.7. The molecule has 0 spiro atoms. The zero-order valence-corrected chi connectivity index (χ0v) is 20.1. The molecule has 2 aromatic heterocycles. The molecule has 0 radical (unpaired) electrons. The molecule has 2 N–H and O–H groups in total. The zero-order chi connectivity index (χ0) is 23.6. The number of aliphatic hydroxyl groups is 1. The van der Waals surface area contributed by atoms with E-state index in [0.29, 0.717) is 12.2 Å². The number of carbonyl (C=O) groups excluding carboxylic acids is 1. The van der Waals surface area contributed by atoms with Crippen LogP contribution in [0.4, 0.5) is 0 Å². The van der Waals surface area contributed by atoms with Crippen molar-refractivity contribution in [2.75, 3.05) is 26.8 Å². The molecule has 0 bridgehead atoms. The number of nitrogens with one attached hydrogen (secondary N) is 1. The van der Waals surface area contributed by atoms with Crippen molar-refractivity contribution in [3.8, 4) is 5.75 Å². The Morgan fingerprint density at radius 2 is 1.81 bits per heavy atom. The number of hydrogen-bond acceptors (Lipinski definition) is 4. The topological polar surface area (TPSA) is 63.0 Å². The van der Waals surface area contributed by atoms with Gasteiger partial charge in [-0.25, -0.2) is 0 Å². The number of rotatable bonds is 10. The highest BCUT2D eigenvalue weighted by molar-refractivity contribution is 6.09. The van der Waals surface area contributed by atoms with Crippen LogP contribution in [-0.2, 0) is 6.42 Å². The summed E-state index contributed by atoms with van der Waals surface area (Å²) in [5, 5.41) is 10.4. The van der Waals surface area contributed by atoms with Gasteiger partial charge in [-0.1, -0.05) is 40.2 Å². The van der Waals surface area contributed by atoms with Gasteiger partial charge >= 0.3 is 0 Å². The monoisotopic (exact) mass is 438 g/mol. The quantitative estimate of drug-likeness (QED) is 0.340. The van der Waals surface area contributed by atoms with E-state index in [9.17, 15) is 4.79 Å². The SMILES string of the molecule is CCCCc1cc2ccccn2c1C(=O)c1ccc(OCCNCC(C)(C)C)cc1.CO. The predicted molar refractivity (Wildman–Crippen MR) is 132 cm³/mol. The number of aryl methyl sites for hydroxylation is 1. The third-order valence-corrected chi connectivity index (χ3v) is 5.09. The summed E-state index contributed by atoms with van der Waals surface area (Å²) >= 11 is 0. The standard InChI is InChI=1S/C26H34N2O2.CH4O/c1-5-6-9-21-18-22-10-7-8-16-28(22)24(21)25(29)20-11-13-23(14-12-20)30-17-15-27-19-26(2,3)4;1-2/h7-8,10-14,16,18,27H,5-6,9,15,17,19H2,1-4H3;2H,1H3. The van der Waals surface area contributed by atoms with E-state index in [-0.39, 0.29) is 11.2 Å². The molecule has 2 heterocycles. The highest BCUT2D eigenvalue weighted by Gasteiger charge is 2.19. The molecule has 1 aromatic carbocycles. The Hall–Kier alpha value is -2.63. The van der Waals surface area contributed by atoms with E-state index < -0.39 is 0 Å². The fourth-order valence-electron chi connectivity index (χ4n) is 3.54. The van der Waals surface area contributed by atoms with Crippen LogP contribution in [0.25, 0.3) is 5.52 Å². The van der Waals surface area contributed by atoms with Crippen LogP contribution >= 0.6 is 0 Å². The molecule has 32 heavy (non-hydrogen) atoms. The molecule has 0 saturated heterocycles. The second kappa shape index (κ2) is 12.4. The fraction of sp³-hybridized carbons (Fsp3) is 0.444. The van der Waals surface area contributed by atoms with Crippen LogP contribution in [0.15, 0.2) is 54.7 Å². The molecule has 0 fully saturated rings. The van der Waals surface area contributed by atoms with Gasteiger partial charge in [0, 0.05) is 37.5 Å². The lowest BCUT2D eigenvalue weighted by molar-refractivity contribution is 0.103. The largest absolute Gasteiger partial charge is 0.492 e. The zero-order valence-electron chi connectivity index (χ0n) is 20.1. The summed E-state index contributed by atoms with van der Waals surface area (Å²) in [4.78, 5) is 13.3. The van der Waals surface area contributed by atoms with Crippen molar-refractivity contribution in [2.24, 2.45) is 5.41 Å². The Morgan fingerprint density at radius 1 is 1.09 bits per heavy atom. The number of benzene rings is 1. The number of hydrogen-bond donors (Lipinski definition) is 2. The fourth-order valence-corrected chi connectivity index (χ4v) is 3.54. The number of ketones is 1. The first kappa shape index (κ1) is 25.6. The molecule has 0 atom stereocenters. The third-order valence-electron chi connectivity index (χ3n) is 5.09. The Balaban J connectivity index is 0.00000176. The van der Waals surface area contributed by atoms with Crippen LogP contribution in [-0.4, -0.2) is 42.1 Å². The van der Waals surface area contributed by atoms with Crippen LogP contribution in [0.3, 0.4) is 0 Å². The number of ether oxygens (including phenoxy) is 1. The summed E-state index contributed by atoms with van der Waals surface area (Å²) in [6.07, 6.45) is 5.08. The van der Waals surface area contributed by atoms with Gasteiger partial charge in [0.25, 0.3) is 0 Å². The minimum atomic E-state index is 0.0608. The minimum Gasteiger partial charge on any atom is -0.492 e. The van der Waals surface area contributed by atoms with E-state index in [2.05, 4.69) is 45.1 Å². The molecule has 5 heteroatoms. The molecule has 0 saturated carbocycles. The van der Waals surface area contributed by atoms with Crippen molar-refractivity contribution < 1.29 is 14.6 Å². The van der Waals surface area contributed by atoms with Gasteiger partial charge in [-0.2, -0.15) is 0 Å². The Kier molecular flexibility index (Phi) is 9.95. The van der Waals surface area contributed by atoms with E-state index in [1.54, 1.807) is 0 Å². The smallest absolute Gasteiger partial charge is 0.210 e. The normalized spacial score (nSPS) is 11.2. The van der Waals surface area contributed by atoms with Crippen molar-refractivity contribution in [1.82, 2.24) is 9.72 Å². The highest BCUT2D eigenvalue weighted by Crippen LogP contribution is 2.23. The second-order valence-corrected chi connectivity index (χ2v) is 9.06. The van der Waals surface area contributed by atoms with Crippen molar-refractivity contribution in [1.29, 1.82) is 0 Å². The molecule has 0 aliphatic carbocycles. The van der Waals surface area contributed by atoms with E-state index in [1.165, 1.54) is 0 Å². The molecule has 0 aliphatic heterocycles. The van der Waals surface area contributed by atoms with Gasteiger partial charge in [-0.3, -0.25) is 4.79 Å². The summed E-state index contributed by atoms with van der Waals surface area (Å²) in [5.74, 6) is 0.848. The Labute approximate surface area is 192 Å². The summed E-state index contributed by atoms with van der Waals surface area (Å²) in [6.45, 7) is 11.2. The first-order valence-electron chi connectivity index (χ1n) is 11.4. The average Bonchev–Trinajstić information content (AvgIpc) is 3.16. The van der Waals surface area contributed by atoms with Crippen molar-refractivity contribution in [2.45, 2.75) is 47.0 Å². The molecule has 3 aromatic rings.